The highest BCUT2D eigenvalue weighted by atomic mass is 14.8. The lowest BCUT2D eigenvalue weighted by atomic mass is 10.1. The quantitative estimate of drug-likeness (QED) is 0.541. The van der Waals surface area contributed by atoms with Gasteiger partial charge in [0, 0.05) is 24.4 Å². The van der Waals surface area contributed by atoms with Crippen molar-refractivity contribution in [2.75, 3.05) is 12.8 Å². The lowest BCUT2D eigenvalue weighted by Crippen LogP contribution is -2.10. The number of aromatic nitrogens is 2. The highest BCUT2D eigenvalue weighted by Gasteiger charge is 2.10. The van der Waals surface area contributed by atoms with Crippen LogP contribution in [0.4, 0.5) is 5.69 Å². The number of H-pyrrole nitrogens is 1. The van der Waals surface area contributed by atoms with Gasteiger partial charge in [0.05, 0.1) is 0 Å². The largest absolute Gasteiger partial charge is 0.398 e. The van der Waals surface area contributed by atoms with Crippen LogP contribution < -0.4 is 16.0 Å². The fraction of sp³-hybridized carbons (Fsp3) is 0.200. The first kappa shape index (κ1) is 11.9. The molecular weight excluding hydrogens is 236 g/mol. The number of hydrogen-bond donors (Lipinski definition) is 2. The molecule has 0 atom stereocenters. The zero-order valence-corrected chi connectivity index (χ0v) is 11.1. The Balaban J connectivity index is 2.26. The number of benzene rings is 2. The second-order valence-corrected chi connectivity index (χ2v) is 4.84. The predicted octanol–water partition coefficient (Wildman–Crippen LogP) is 1.81. The fourth-order valence-corrected chi connectivity index (χ4v) is 2.27. The molecule has 4 nitrogen and oxygen atoms in total. The normalized spacial score (nSPS) is 11.3. The van der Waals surface area contributed by atoms with Gasteiger partial charge in [-0.2, -0.15) is 0 Å². The number of aromatic amines is 1. The van der Waals surface area contributed by atoms with E-state index in [1.165, 1.54) is 5.56 Å². The minimum Gasteiger partial charge on any atom is -0.398 e. The number of rotatable bonds is 2. The molecule has 2 aromatic carbocycles. The third-order valence-corrected chi connectivity index (χ3v) is 3.34. The Morgan fingerprint density at radius 3 is 2.74 bits per heavy atom. The van der Waals surface area contributed by atoms with Gasteiger partial charge in [-0.15, -0.1) is 0 Å². The van der Waals surface area contributed by atoms with Crippen molar-refractivity contribution in [3.63, 3.8) is 0 Å². The summed E-state index contributed by atoms with van der Waals surface area (Å²) in [5.41, 5.74) is 12.9. The molecule has 0 fully saturated rings. The number of fused-ring (bicyclic) bond motifs is 2. The van der Waals surface area contributed by atoms with Crippen molar-refractivity contribution < 1.29 is 4.98 Å². The van der Waals surface area contributed by atoms with Gasteiger partial charge < -0.3 is 11.1 Å². The van der Waals surface area contributed by atoms with Gasteiger partial charge in [0.15, 0.2) is 0 Å². The van der Waals surface area contributed by atoms with Gasteiger partial charge in [-0.1, -0.05) is 6.07 Å². The Labute approximate surface area is 111 Å². The van der Waals surface area contributed by atoms with Crippen LogP contribution >= 0.6 is 0 Å². The van der Waals surface area contributed by atoms with Gasteiger partial charge in [0.2, 0.25) is 11.0 Å². The van der Waals surface area contributed by atoms with Crippen LogP contribution in [0.5, 0.6) is 0 Å². The van der Waals surface area contributed by atoms with E-state index >= 15 is 0 Å². The summed E-state index contributed by atoms with van der Waals surface area (Å²) in [5, 5.41) is 3.14. The molecule has 1 heterocycles. The fourth-order valence-electron chi connectivity index (χ4n) is 2.27. The Hall–Kier alpha value is -2.20. The van der Waals surface area contributed by atoms with Gasteiger partial charge in [-0.25, -0.2) is 9.97 Å². The molecule has 1 aromatic heterocycles. The van der Waals surface area contributed by atoms with Crippen LogP contribution in [0, 0.1) is 6.92 Å². The van der Waals surface area contributed by atoms with E-state index in [4.69, 9.17) is 5.73 Å². The molecule has 0 saturated carbocycles. The maximum atomic E-state index is 5.94. The van der Waals surface area contributed by atoms with Gasteiger partial charge in [-0.05, 0) is 37.2 Å². The summed E-state index contributed by atoms with van der Waals surface area (Å²) in [4.78, 5) is 8.09. The van der Waals surface area contributed by atoms with E-state index in [1.54, 1.807) is 0 Å². The summed E-state index contributed by atoms with van der Waals surface area (Å²) in [6.07, 6.45) is 0. The second kappa shape index (κ2) is 4.48. The molecule has 0 saturated heterocycles. The van der Waals surface area contributed by atoms with Crippen molar-refractivity contribution in [3.8, 4) is 0 Å². The summed E-state index contributed by atoms with van der Waals surface area (Å²) in [6.45, 7) is 2.84. The molecular formula is C15H17N4+. The molecule has 3 rings (SSSR count). The molecule has 4 N–H and O–H groups in total. The van der Waals surface area contributed by atoms with E-state index in [0.29, 0.717) is 0 Å². The first-order valence-corrected chi connectivity index (χ1v) is 6.34. The van der Waals surface area contributed by atoms with Crippen LogP contribution in [0.15, 0.2) is 30.3 Å². The molecule has 0 spiro atoms. The third kappa shape index (κ3) is 2.11. The number of nitrogens with zero attached hydrogens (tertiary/aromatic N) is 1. The highest BCUT2D eigenvalue weighted by molar-refractivity contribution is 5.84. The average Bonchev–Trinajstić information content (AvgIpc) is 2.38. The number of aryl methyl sites for hydroxylation is 1. The molecule has 0 aliphatic heterocycles. The lowest BCUT2D eigenvalue weighted by molar-refractivity contribution is -0.310. The molecule has 0 unspecified atom stereocenters. The summed E-state index contributed by atoms with van der Waals surface area (Å²) < 4.78 is 0. The van der Waals surface area contributed by atoms with Gasteiger partial charge in [-0.3, -0.25) is 0 Å². The molecule has 19 heavy (non-hydrogen) atoms. The van der Waals surface area contributed by atoms with Crippen molar-refractivity contribution >= 4 is 27.8 Å². The van der Waals surface area contributed by atoms with Gasteiger partial charge >= 0.3 is 0 Å². The number of nitrogens with two attached hydrogens (primary N) is 1. The molecule has 0 amide bonds. The van der Waals surface area contributed by atoms with E-state index in [0.717, 1.165) is 39.9 Å². The third-order valence-electron chi connectivity index (χ3n) is 3.34. The number of nitrogens with one attached hydrogen (secondary N) is 2. The van der Waals surface area contributed by atoms with Crippen molar-refractivity contribution in [2.24, 2.45) is 0 Å². The molecule has 0 bridgehead atoms. The molecule has 0 radical (unpaired) electrons. The zero-order chi connectivity index (χ0) is 13.4. The minimum atomic E-state index is 0.777. The van der Waals surface area contributed by atoms with Crippen LogP contribution in [-0.4, -0.2) is 12.0 Å². The summed E-state index contributed by atoms with van der Waals surface area (Å²) in [7, 11) is 1.94. The number of hydrogen-bond acceptors (Lipinski definition) is 3. The lowest BCUT2D eigenvalue weighted by Gasteiger charge is -2.02. The Morgan fingerprint density at radius 2 is 1.95 bits per heavy atom. The van der Waals surface area contributed by atoms with E-state index in [9.17, 15) is 0 Å². The van der Waals surface area contributed by atoms with Crippen LogP contribution in [0.3, 0.4) is 0 Å². The standard InChI is InChI=1S/C15H16N4/c1-9-5-13-15(7-11(9)16)19-14-6-10(8-17-2)3-4-12(14)18-13/h3-7,17H,8,16H2,1-2H3/p+1. The number of nitrogen functional groups attached to an aromatic ring is 1. The van der Waals surface area contributed by atoms with Crippen molar-refractivity contribution in [3.05, 3.63) is 41.5 Å². The van der Waals surface area contributed by atoms with Crippen LogP contribution in [-0.2, 0) is 6.54 Å². The molecule has 0 aliphatic carbocycles. The summed E-state index contributed by atoms with van der Waals surface area (Å²) in [5.74, 6) is 0. The topological polar surface area (TPSA) is 65.1 Å². The highest BCUT2D eigenvalue weighted by Crippen LogP contribution is 2.19. The SMILES string of the molecule is CNCc1ccc2[nH+]c3cc(C)c(N)cc3nc2c1. The molecule has 4 heteroatoms. The average molecular weight is 253 g/mol. The van der Waals surface area contributed by atoms with E-state index in [-0.39, 0.29) is 0 Å². The minimum absolute atomic E-state index is 0.777. The maximum absolute atomic E-state index is 5.94. The van der Waals surface area contributed by atoms with Crippen molar-refractivity contribution in [1.82, 2.24) is 10.3 Å². The molecule has 96 valence electrons. The zero-order valence-electron chi connectivity index (χ0n) is 11.1. The van der Waals surface area contributed by atoms with Gasteiger partial charge in [0.1, 0.15) is 11.0 Å². The Bertz CT molecular complexity index is 765. The van der Waals surface area contributed by atoms with E-state index in [1.807, 2.05) is 26.1 Å². The predicted molar refractivity (Wildman–Crippen MR) is 77.7 cm³/mol. The van der Waals surface area contributed by atoms with Crippen LogP contribution in [0.25, 0.3) is 22.1 Å². The first-order valence-electron chi connectivity index (χ1n) is 6.34. The summed E-state index contributed by atoms with van der Waals surface area (Å²) in [6, 6.07) is 10.2. The van der Waals surface area contributed by atoms with E-state index < -0.39 is 0 Å². The first-order chi connectivity index (χ1) is 9.17. The number of anilines is 1. The Kier molecular flexibility index (Phi) is 2.80. The van der Waals surface area contributed by atoms with Crippen molar-refractivity contribution in [1.29, 1.82) is 0 Å². The van der Waals surface area contributed by atoms with Crippen LogP contribution in [0.2, 0.25) is 0 Å². The maximum Gasteiger partial charge on any atom is 0.230 e. The monoisotopic (exact) mass is 253 g/mol. The molecule has 3 aromatic rings. The molecule has 0 aliphatic rings. The van der Waals surface area contributed by atoms with Gasteiger partial charge in [0.25, 0.3) is 0 Å². The summed E-state index contributed by atoms with van der Waals surface area (Å²) >= 11 is 0. The smallest absolute Gasteiger partial charge is 0.230 e. The van der Waals surface area contributed by atoms with Crippen LogP contribution in [0.1, 0.15) is 11.1 Å². The van der Waals surface area contributed by atoms with E-state index in [2.05, 4.69) is 33.5 Å². The Morgan fingerprint density at radius 1 is 1.16 bits per heavy atom. The van der Waals surface area contributed by atoms with Crippen molar-refractivity contribution in [2.45, 2.75) is 13.5 Å². The second-order valence-electron chi connectivity index (χ2n) is 4.84.